The van der Waals surface area contributed by atoms with Crippen LogP contribution in [-0.4, -0.2) is 22.4 Å². The van der Waals surface area contributed by atoms with Gasteiger partial charge in [0.25, 0.3) is 6.43 Å². The van der Waals surface area contributed by atoms with Crippen molar-refractivity contribution in [2.75, 3.05) is 6.61 Å². The molecule has 0 saturated heterocycles. The molecule has 0 aliphatic carbocycles. The topological polar surface area (TPSA) is 44.1 Å². The number of para-hydroxylation sites is 1. The van der Waals surface area contributed by atoms with Gasteiger partial charge in [0.2, 0.25) is 0 Å². The van der Waals surface area contributed by atoms with Gasteiger partial charge in [-0.15, -0.1) is 0 Å². The van der Waals surface area contributed by atoms with Crippen LogP contribution in [0.2, 0.25) is 0 Å². The molecule has 0 fully saturated rings. The van der Waals surface area contributed by atoms with Gasteiger partial charge >= 0.3 is 5.97 Å². The van der Waals surface area contributed by atoms with Crippen molar-refractivity contribution >= 4 is 5.97 Å². The highest BCUT2D eigenvalue weighted by atomic mass is 19.3. The Morgan fingerprint density at radius 1 is 1.40 bits per heavy atom. The van der Waals surface area contributed by atoms with Crippen LogP contribution in [0.4, 0.5) is 8.78 Å². The second kappa shape index (κ2) is 5.81. The first-order chi connectivity index (χ1) is 9.56. The largest absolute Gasteiger partial charge is 0.462 e. The fourth-order valence-corrected chi connectivity index (χ4v) is 1.93. The van der Waals surface area contributed by atoms with Crippen molar-refractivity contribution in [1.82, 2.24) is 9.78 Å². The summed E-state index contributed by atoms with van der Waals surface area (Å²) in [4.78, 5) is 11.7. The molecule has 2 aromatic rings. The Kier molecular flexibility index (Phi) is 4.12. The average molecular weight is 280 g/mol. The number of carbonyl (C=O) groups excluding carboxylic acids is 1. The lowest BCUT2D eigenvalue weighted by Crippen LogP contribution is -2.10. The molecular formula is C14H14F2N2O2. The average Bonchev–Trinajstić information content (AvgIpc) is 2.84. The van der Waals surface area contributed by atoms with Crippen LogP contribution in [0.15, 0.2) is 30.5 Å². The number of alkyl halides is 2. The Morgan fingerprint density at radius 3 is 2.70 bits per heavy atom. The van der Waals surface area contributed by atoms with E-state index in [-0.39, 0.29) is 12.2 Å². The molecular weight excluding hydrogens is 266 g/mol. The van der Waals surface area contributed by atoms with Crippen LogP contribution < -0.4 is 0 Å². The van der Waals surface area contributed by atoms with Crippen molar-refractivity contribution in [2.45, 2.75) is 20.3 Å². The van der Waals surface area contributed by atoms with Crippen LogP contribution in [0, 0.1) is 6.92 Å². The molecule has 1 heterocycles. The Hall–Kier alpha value is -2.24. The molecule has 0 aliphatic rings. The zero-order valence-corrected chi connectivity index (χ0v) is 11.1. The van der Waals surface area contributed by atoms with E-state index in [4.69, 9.17) is 4.74 Å². The van der Waals surface area contributed by atoms with Crippen molar-refractivity contribution in [3.63, 3.8) is 0 Å². The van der Waals surface area contributed by atoms with E-state index in [9.17, 15) is 13.6 Å². The molecule has 0 N–H and O–H groups in total. The third-order valence-corrected chi connectivity index (χ3v) is 2.85. The Morgan fingerprint density at radius 2 is 2.10 bits per heavy atom. The third-order valence-electron chi connectivity index (χ3n) is 2.85. The van der Waals surface area contributed by atoms with E-state index < -0.39 is 18.1 Å². The van der Waals surface area contributed by atoms with Gasteiger partial charge in [0.15, 0.2) is 0 Å². The number of aromatic nitrogens is 2. The van der Waals surface area contributed by atoms with Crippen LogP contribution in [0.3, 0.4) is 0 Å². The van der Waals surface area contributed by atoms with Crippen LogP contribution >= 0.6 is 0 Å². The maximum absolute atomic E-state index is 13.3. The molecule has 0 unspecified atom stereocenters. The number of nitrogens with zero attached hydrogens (tertiary/aromatic N) is 2. The zero-order chi connectivity index (χ0) is 14.7. The number of hydrogen-bond donors (Lipinski definition) is 0. The number of hydrogen-bond acceptors (Lipinski definition) is 3. The van der Waals surface area contributed by atoms with Crippen molar-refractivity contribution in [1.29, 1.82) is 0 Å². The highest BCUT2D eigenvalue weighted by molar-refractivity contribution is 5.90. The monoisotopic (exact) mass is 280 g/mol. The van der Waals surface area contributed by atoms with Gasteiger partial charge in [0, 0.05) is 0 Å². The van der Waals surface area contributed by atoms with Crippen LogP contribution in [0.1, 0.15) is 35.0 Å². The molecule has 0 amide bonds. The van der Waals surface area contributed by atoms with Crippen molar-refractivity contribution in [2.24, 2.45) is 0 Å². The fourth-order valence-electron chi connectivity index (χ4n) is 1.93. The Bertz CT molecular complexity index is 623. The molecule has 106 valence electrons. The number of aryl methyl sites for hydroxylation is 1. The van der Waals surface area contributed by atoms with Gasteiger partial charge in [0.1, 0.15) is 11.3 Å². The Balaban J connectivity index is 2.56. The lowest BCUT2D eigenvalue weighted by molar-refractivity contribution is 0.0514. The minimum Gasteiger partial charge on any atom is -0.462 e. The van der Waals surface area contributed by atoms with Gasteiger partial charge in [-0.05, 0) is 25.5 Å². The number of benzene rings is 1. The number of ether oxygens (including phenoxy) is 1. The summed E-state index contributed by atoms with van der Waals surface area (Å²) in [6, 6.07) is 6.99. The van der Waals surface area contributed by atoms with Crippen molar-refractivity contribution in [3.05, 3.63) is 47.3 Å². The molecule has 0 aliphatic heterocycles. The summed E-state index contributed by atoms with van der Waals surface area (Å²) in [6.07, 6.45) is -1.71. The quantitative estimate of drug-likeness (QED) is 0.807. The van der Waals surface area contributed by atoms with Gasteiger partial charge in [-0.3, -0.25) is 0 Å². The van der Waals surface area contributed by atoms with Gasteiger partial charge < -0.3 is 4.74 Å². The highest BCUT2D eigenvalue weighted by Crippen LogP contribution is 2.27. The molecule has 4 nitrogen and oxygen atoms in total. The summed E-state index contributed by atoms with van der Waals surface area (Å²) in [5.41, 5.74) is 0.647. The number of carbonyl (C=O) groups is 1. The number of rotatable bonds is 4. The first-order valence-electron chi connectivity index (χ1n) is 6.15. The SMILES string of the molecule is CCOC(=O)c1cnn(-c2ccccc2C)c1C(F)F. The zero-order valence-electron chi connectivity index (χ0n) is 11.1. The second-order valence-corrected chi connectivity index (χ2v) is 4.16. The van der Waals surface area contributed by atoms with E-state index in [2.05, 4.69) is 5.10 Å². The van der Waals surface area contributed by atoms with Crippen LogP contribution in [0.5, 0.6) is 0 Å². The summed E-state index contributed by atoms with van der Waals surface area (Å²) in [5, 5.41) is 3.91. The molecule has 0 radical (unpaired) electrons. The summed E-state index contributed by atoms with van der Waals surface area (Å²) < 4.78 is 32.4. The molecule has 0 bridgehead atoms. The lowest BCUT2D eigenvalue weighted by atomic mass is 10.2. The lowest BCUT2D eigenvalue weighted by Gasteiger charge is -2.10. The van der Waals surface area contributed by atoms with E-state index in [1.165, 1.54) is 0 Å². The smallest absolute Gasteiger partial charge is 0.341 e. The molecule has 2 rings (SSSR count). The second-order valence-electron chi connectivity index (χ2n) is 4.16. The summed E-state index contributed by atoms with van der Waals surface area (Å²) in [6.45, 7) is 3.53. The molecule has 0 saturated carbocycles. The molecule has 1 aromatic carbocycles. The van der Waals surface area contributed by atoms with E-state index >= 15 is 0 Å². The van der Waals surface area contributed by atoms with Crippen LogP contribution in [-0.2, 0) is 4.74 Å². The number of esters is 1. The maximum atomic E-state index is 13.3. The standard InChI is InChI=1S/C14H14F2N2O2/c1-3-20-14(19)10-8-17-18(12(10)13(15)16)11-7-5-4-6-9(11)2/h4-8,13H,3H2,1-2H3. The third kappa shape index (κ3) is 2.54. The van der Waals surface area contributed by atoms with Gasteiger partial charge in [-0.25, -0.2) is 18.3 Å². The highest BCUT2D eigenvalue weighted by Gasteiger charge is 2.26. The van der Waals surface area contributed by atoms with E-state index in [0.29, 0.717) is 5.69 Å². The van der Waals surface area contributed by atoms with E-state index in [1.807, 2.05) is 0 Å². The first-order valence-corrected chi connectivity index (χ1v) is 6.15. The Labute approximate surface area is 115 Å². The van der Waals surface area contributed by atoms with Gasteiger partial charge in [-0.2, -0.15) is 5.10 Å². The van der Waals surface area contributed by atoms with E-state index in [0.717, 1.165) is 16.4 Å². The predicted molar refractivity (Wildman–Crippen MR) is 69.2 cm³/mol. The predicted octanol–water partition coefficient (Wildman–Crippen LogP) is 3.30. The maximum Gasteiger partial charge on any atom is 0.341 e. The molecule has 1 aromatic heterocycles. The van der Waals surface area contributed by atoms with Crippen molar-refractivity contribution < 1.29 is 18.3 Å². The normalized spacial score (nSPS) is 10.8. The molecule has 0 atom stereocenters. The molecule has 6 heteroatoms. The number of halogens is 2. The summed E-state index contributed by atoms with van der Waals surface area (Å²) >= 11 is 0. The molecule has 0 spiro atoms. The van der Waals surface area contributed by atoms with Crippen LogP contribution in [0.25, 0.3) is 5.69 Å². The van der Waals surface area contributed by atoms with Gasteiger partial charge in [-0.1, -0.05) is 18.2 Å². The minimum atomic E-state index is -2.82. The van der Waals surface area contributed by atoms with E-state index in [1.54, 1.807) is 38.1 Å². The first kappa shape index (κ1) is 14.2. The fraction of sp³-hybridized carbons (Fsp3) is 0.286. The molecule has 20 heavy (non-hydrogen) atoms. The summed E-state index contributed by atoms with van der Waals surface area (Å²) in [7, 11) is 0. The van der Waals surface area contributed by atoms with Gasteiger partial charge in [0.05, 0.1) is 18.5 Å². The minimum absolute atomic E-state index is 0.122. The summed E-state index contributed by atoms with van der Waals surface area (Å²) in [5.74, 6) is -0.789. The van der Waals surface area contributed by atoms with Crippen molar-refractivity contribution in [3.8, 4) is 5.69 Å².